The van der Waals surface area contributed by atoms with Gasteiger partial charge in [0.2, 0.25) is 5.95 Å². The van der Waals surface area contributed by atoms with Crippen molar-refractivity contribution in [3.8, 4) is 0 Å². The van der Waals surface area contributed by atoms with Crippen LogP contribution in [0.4, 0.5) is 5.95 Å². The minimum Gasteiger partial charge on any atom is -0.403 e. The van der Waals surface area contributed by atoms with Gasteiger partial charge in [-0.3, -0.25) is 14.8 Å². The first kappa shape index (κ1) is 14.3. The molecule has 2 heterocycles. The van der Waals surface area contributed by atoms with E-state index in [-0.39, 0.29) is 5.56 Å². The van der Waals surface area contributed by atoms with Gasteiger partial charge < -0.3 is 16.0 Å². The van der Waals surface area contributed by atoms with Crippen molar-refractivity contribution < 1.29 is 0 Å². The second-order valence-corrected chi connectivity index (χ2v) is 4.84. The van der Waals surface area contributed by atoms with Crippen LogP contribution in [-0.4, -0.2) is 47.3 Å². The summed E-state index contributed by atoms with van der Waals surface area (Å²) in [7, 11) is 2.12. The quantitative estimate of drug-likeness (QED) is 0.680. The van der Waals surface area contributed by atoms with Crippen molar-refractivity contribution >= 4 is 12.2 Å². The van der Waals surface area contributed by atoms with Gasteiger partial charge in [-0.1, -0.05) is 0 Å². The third-order valence-corrected chi connectivity index (χ3v) is 3.23. The number of anilines is 1. The molecule has 1 aromatic rings. The number of nitrogens with two attached hydrogens (primary N) is 1. The number of nitrogens with zero attached hydrogens (tertiary/aromatic N) is 3. The fraction of sp³-hybridized carbons (Fsp3) is 0.462. The molecule has 1 aliphatic rings. The van der Waals surface area contributed by atoms with Crippen LogP contribution in [0.5, 0.6) is 0 Å². The number of H-pyrrole nitrogens is 1. The predicted molar refractivity (Wildman–Crippen MR) is 79.8 cm³/mol. The summed E-state index contributed by atoms with van der Waals surface area (Å²) in [6.07, 6.45) is 6.63. The molecule has 0 aliphatic carbocycles. The molecule has 0 unspecified atom stereocenters. The summed E-state index contributed by atoms with van der Waals surface area (Å²) in [4.78, 5) is 24.6. The second kappa shape index (κ2) is 6.85. The predicted octanol–water partition coefficient (Wildman–Crippen LogP) is 0.147. The first-order valence-electron chi connectivity index (χ1n) is 6.63. The number of nitrogens with one attached hydrogen (secondary N) is 2. The Morgan fingerprint density at radius 3 is 3.00 bits per heavy atom. The van der Waals surface area contributed by atoms with Gasteiger partial charge in [-0.15, -0.1) is 0 Å². The number of aliphatic imine (C=N–C) groups is 1. The van der Waals surface area contributed by atoms with E-state index < -0.39 is 0 Å². The van der Waals surface area contributed by atoms with E-state index in [0.29, 0.717) is 17.7 Å². The summed E-state index contributed by atoms with van der Waals surface area (Å²) in [5.41, 5.74) is 5.95. The highest BCUT2D eigenvalue weighted by Crippen LogP contribution is 2.11. The van der Waals surface area contributed by atoms with Gasteiger partial charge in [0.25, 0.3) is 5.56 Å². The van der Waals surface area contributed by atoms with Crippen molar-refractivity contribution in [2.24, 2.45) is 10.7 Å². The molecule has 0 saturated carbocycles. The fourth-order valence-corrected chi connectivity index (χ4v) is 2.02. The zero-order chi connectivity index (χ0) is 14.4. The lowest BCUT2D eigenvalue weighted by Crippen LogP contribution is -2.32. The molecule has 1 saturated heterocycles. The van der Waals surface area contributed by atoms with E-state index in [0.717, 1.165) is 25.9 Å². The van der Waals surface area contributed by atoms with Crippen LogP contribution in [0.15, 0.2) is 33.9 Å². The van der Waals surface area contributed by atoms with Crippen molar-refractivity contribution in [1.29, 1.82) is 0 Å². The van der Waals surface area contributed by atoms with E-state index in [1.807, 2.05) is 0 Å². The SMILES string of the molecule is CN1CCC(N=C/C(=C\N)Nc2nccc(=O)[nH]2)CC1. The van der Waals surface area contributed by atoms with Gasteiger partial charge in [0.05, 0.1) is 11.7 Å². The summed E-state index contributed by atoms with van der Waals surface area (Å²) in [6, 6.07) is 1.68. The maximum atomic E-state index is 11.2. The number of piperidine rings is 1. The Morgan fingerprint density at radius 1 is 1.60 bits per heavy atom. The number of aromatic nitrogens is 2. The number of likely N-dealkylation sites (tertiary alicyclic amines) is 1. The zero-order valence-corrected chi connectivity index (χ0v) is 11.5. The molecule has 0 aromatic carbocycles. The van der Waals surface area contributed by atoms with Crippen LogP contribution in [0.1, 0.15) is 12.8 Å². The fourth-order valence-electron chi connectivity index (χ4n) is 2.02. The Hall–Kier alpha value is -2.15. The maximum Gasteiger partial charge on any atom is 0.252 e. The Bertz CT molecular complexity index is 542. The van der Waals surface area contributed by atoms with E-state index in [1.165, 1.54) is 18.5 Å². The van der Waals surface area contributed by atoms with Crippen molar-refractivity contribution in [1.82, 2.24) is 14.9 Å². The lowest BCUT2D eigenvalue weighted by molar-refractivity contribution is 0.257. The highest BCUT2D eigenvalue weighted by atomic mass is 16.1. The van der Waals surface area contributed by atoms with Gasteiger partial charge >= 0.3 is 0 Å². The second-order valence-electron chi connectivity index (χ2n) is 4.84. The zero-order valence-electron chi connectivity index (χ0n) is 11.5. The average molecular weight is 276 g/mol. The topological polar surface area (TPSA) is 99.4 Å². The van der Waals surface area contributed by atoms with E-state index in [2.05, 4.69) is 32.2 Å². The first-order valence-corrected chi connectivity index (χ1v) is 6.63. The van der Waals surface area contributed by atoms with Crippen LogP contribution in [0, 0.1) is 0 Å². The smallest absolute Gasteiger partial charge is 0.252 e. The number of hydrogen-bond acceptors (Lipinski definition) is 6. The van der Waals surface area contributed by atoms with Crippen LogP contribution < -0.4 is 16.6 Å². The first-order chi connectivity index (χ1) is 9.67. The molecular weight excluding hydrogens is 256 g/mol. The third-order valence-electron chi connectivity index (χ3n) is 3.23. The van der Waals surface area contributed by atoms with Crippen molar-refractivity contribution in [2.45, 2.75) is 18.9 Å². The van der Waals surface area contributed by atoms with Gasteiger partial charge in [-0.2, -0.15) is 0 Å². The van der Waals surface area contributed by atoms with E-state index >= 15 is 0 Å². The Labute approximate surface area is 117 Å². The van der Waals surface area contributed by atoms with Crippen LogP contribution in [0.2, 0.25) is 0 Å². The molecule has 4 N–H and O–H groups in total. The maximum absolute atomic E-state index is 11.2. The van der Waals surface area contributed by atoms with Crippen LogP contribution in [0.3, 0.4) is 0 Å². The van der Waals surface area contributed by atoms with Gasteiger partial charge in [0, 0.05) is 24.7 Å². The molecule has 1 aromatic heterocycles. The summed E-state index contributed by atoms with van der Waals surface area (Å²) < 4.78 is 0. The Kier molecular flexibility index (Phi) is 4.89. The molecular formula is C13H20N6O. The third kappa shape index (κ3) is 4.20. The Morgan fingerprint density at radius 2 is 2.35 bits per heavy atom. The minimum absolute atomic E-state index is 0.217. The van der Waals surface area contributed by atoms with Gasteiger partial charge in [0.1, 0.15) is 0 Å². The van der Waals surface area contributed by atoms with Crippen molar-refractivity contribution in [2.75, 3.05) is 25.5 Å². The minimum atomic E-state index is -0.217. The summed E-state index contributed by atoms with van der Waals surface area (Å²) in [6.45, 7) is 2.12. The van der Waals surface area contributed by atoms with Gasteiger partial charge in [-0.05, 0) is 33.0 Å². The van der Waals surface area contributed by atoms with Gasteiger partial charge in [0.15, 0.2) is 0 Å². The van der Waals surface area contributed by atoms with E-state index in [9.17, 15) is 4.79 Å². The van der Waals surface area contributed by atoms with Crippen molar-refractivity contribution in [3.05, 3.63) is 34.5 Å². The average Bonchev–Trinajstić information content (AvgIpc) is 2.45. The Balaban J connectivity index is 1.94. The number of aromatic amines is 1. The number of hydrogen-bond donors (Lipinski definition) is 3. The molecule has 2 rings (SSSR count). The molecule has 7 nitrogen and oxygen atoms in total. The molecule has 108 valence electrons. The molecule has 1 aliphatic heterocycles. The summed E-state index contributed by atoms with van der Waals surface area (Å²) in [5, 5.41) is 2.93. The number of rotatable bonds is 4. The molecule has 0 atom stereocenters. The monoisotopic (exact) mass is 276 g/mol. The van der Waals surface area contributed by atoms with Crippen LogP contribution in [0.25, 0.3) is 0 Å². The van der Waals surface area contributed by atoms with Crippen LogP contribution >= 0.6 is 0 Å². The molecule has 0 spiro atoms. The lowest BCUT2D eigenvalue weighted by atomic mass is 10.1. The highest BCUT2D eigenvalue weighted by Gasteiger charge is 2.14. The number of allylic oxidation sites excluding steroid dienone is 1. The summed E-state index contributed by atoms with van der Waals surface area (Å²) in [5.74, 6) is 0.351. The standard InChI is InChI=1S/C13H20N6O/c1-19-6-3-10(4-7-19)16-9-11(8-14)17-13-15-5-2-12(20)18-13/h2,5,8-10H,3-4,6-7,14H2,1H3,(H2,15,17,18,20)/b11-8+,16-9?. The molecule has 20 heavy (non-hydrogen) atoms. The van der Waals surface area contributed by atoms with Gasteiger partial charge in [-0.25, -0.2) is 4.98 Å². The van der Waals surface area contributed by atoms with E-state index in [1.54, 1.807) is 6.21 Å². The molecule has 7 heteroatoms. The summed E-state index contributed by atoms with van der Waals surface area (Å²) >= 11 is 0. The highest BCUT2D eigenvalue weighted by molar-refractivity contribution is 5.82. The molecule has 1 fully saturated rings. The molecule has 0 amide bonds. The molecule has 0 radical (unpaired) electrons. The molecule has 0 bridgehead atoms. The lowest BCUT2D eigenvalue weighted by Gasteiger charge is -2.26. The van der Waals surface area contributed by atoms with Crippen molar-refractivity contribution in [3.63, 3.8) is 0 Å². The van der Waals surface area contributed by atoms with E-state index in [4.69, 9.17) is 5.73 Å². The van der Waals surface area contributed by atoms with Crippen LogP contribution in [-0.2, 0) is 0 Å². The largest absolute Gasteiger partial charge is 0.403 e. The normalized spacial score (nSPS) is 18.6.